The van der Waals surface area contributed by atoms with E-state index in [1.807, 2.05) is 25.1 Å². The van der Waals surface area contributed by atoms with Crippen LogP contribution in [0.25, 0.3) is 0 Å². The molecule has 0 radical (unpaired) electrons. The van der Waals surface area contributed by atoms with Gasteiger partial charge in [0.2, 0.25) is 0 Å². The quantitative estimate of drug-likeness (QED) is 0.617. The second-order valence-corrected chi connectivity index (χ2v) is 6.18. The van der Waals surface area contributed by atoms with Crippen LogP contribution in [0.5, 0.6) is 11.5 Å². The van der Waals surface area contributed by atoms with Crippen LogP contribution in [0.1, 0.15) is 6.92 Å². The number of anilines is 1. The number of quaternary nitrogens is 2. The highest BCUT2D eigenvalue weighted by molar-refractivity contribution is 5.93. The predicted molar refractivity (Wildman–Crippen MR) is 82.8 cm³/mol. The van der Waals surface area contributed by atoms with E-state index in [1.165, 1.54) is 4.90 Å². The van der Waals surface area contributed by atoms with Crippen LogP contribution in [-0.2, 0) is 4.79 Å². The number of nitrogens with one attached hydrogen (secondary N) is 3. The fourth-order valence-corrected chi connectivity index (χ4v) is 2.99. The minimum Gasteiger partial charge on any atom is -0.486 e. The number of carbonyl (C=O) groups excluding carboxylic acids is 1. The molecular formula is C16H25N3O3+2. The van der Waals surface area contributed by atoms with E-state index in [4.69, 9.17) is 9.47 Å². The van der Waals surface area contributed by atoms with Gasteiger partial charge in [0.05, 0.1) is 7.05 Å². The minimum atomic E-state index is -0.0405. The Morgan fingerprint density at radius 1 is 1.14 bits per heavy atom. The van der Waals surface area contributed by atoms with Crippen LogP contribution in [-0.4, -0.2) is 58.4 Å². The van der Waals surface area contributed by atoms with Crippen molar-refractivity contribution in [2.24, 2.45) is 0 Å². The third-order valence-corrected chi connectivity index (χ3v) is 4.56. The van der Waals surface area contributed by atoms with Gasteiger partial charge in [0.1, 0.15) is 39.4 Å². The van der Waals surface area contributed by atoms with Crippen LogP contribution in [0.15, 0.2) is 18.2 Å². The standard InChI is InChI=1S/C16H23N3O3/c1-12(19-7-5-18(2)6-8-19)16(20)17-13-3-4-14-15(11-13)22-10-9-21-14/h3-4,11-12H,5-10H2,1-2H3,(H,17,20)/p+2/t12-/m0/s1. The molecule has 1 amide bonds. The maximum absolute atomic E-state index is 12.5. The monoisotopic (exact) mass is 307 g/mol. The van der Waals surface area contributed by atoms with Gasteiger partial charge in [-0.25, -0.2) is 0 Å². The summed E-state index contributed by atoms with van der Waals surface area (Å²) in [4.78, 5) is 15.4. The first-order valence-corrected chi connectivity index (χ1v) is 8.00. The summed E-state index contributed by atoms with van der Waals surface area (Å²) in [5, 5.41) is 3.00. The molecule has 0 bridgehead atoms. The highest BCUT2D eigenvalue weighted by Crippen LogP contribution is 2.32. The highest BCUT2D eigenvalue weighted by atomic mass is 16.6. The lowest BCUT2D eigenvalue weighted by atomic mass is 10.2. The fourth-order valence-electron chi connectivity index (χ4n) is 2.99. The van der Waals surface area contributed by atoms with E-state index < -0.39 is 0 Å². The van der Waals surface area contributed by atoms with Gasteiger partial charge in [-0.05, 0) is 19.1 Å². The van der Waals surface area contributed by atoms with E-state index in [9.17, 15) is 4.79 Å². The molecule has 6 nitrogen and oxygen atoms in total. The van der Waals surface area contributed by atoms with Gasteiger partial charge in [0.15, 0.2) is 17.5 Å². The van der Waals surface area contributed by atoms with Crippen molar-refractivity contribution in [3.05, 3.63) is 18.2 Å². The molecule has 0 spiro atoms. The Kier molecular flexibility index (Phi) is 4.49. The second kappa shape index (κ2) is 6.54. The Bertz CT molecular complexity index is 541. The normalized spacial score (nSPS) is 25.4. The summed E-state index contributed by atoms with van der Waals surface area (Å²) in [6.45, 7) is 7.46. The van der Waals surface area contributed by atoms with Gasteiger partial charge in [-0.3, -0.25) is 4.79 Å². The second-order valence-electron chi connectivity index (χ2n) is 6.18. The van der Waals surface area contributed by atoms with Gasteiger partial charge in [-0.2, -0.15) is 0 Å². The Morgan fingerprint density at radius 2 is 1.82 bits per heavy atom. The van der Waals surface area contributed by atoms with Gasteiger partial charge in [-0.15, -0.1) is 0 Å². The van der Waals surface area contributed by atoms with Crippen molar-refractivity contribution in [1.29, 1.82) is 0 Å². The number of fused-ring (bicyclic) bond motifs is 1. The molecule has 1 aromatic rings. The predicted octanol–water partition coefficient (Wildman–Crippen LogP) is -1.80. The zero-order valence-electron chi connectivity index (χ0n) is 13.3. The van der Waals surface area contributed by atoms with Crippen molar-refractivity contribution in [3.8, 4) is 11.5 Å². The molecule has 0 aliphatic carbocycles. The Hall–Kier alpha value is -1.79. The maximum atomic E-state index is 12.5. The molecule has 6 heteroatoms. The van der Waals surface area contributed by atoms with Crippen LogP contribution < -0.4 is 24.6 Å². The summed E-state index contributed by atoms with van der Waals surface area (Å²) in [5.74, 6) is 1.50. The van der Waals surface area contributed by atoms with E-state index in [-0.39, 0.29) is 11.9 Å². The van der Waals surface area contributed by atoms with Gasteiger partial charge >= 0.3 is 0 Å². The molecule has 2 aliphatic rings. The summed E-state index contributed by atoms with van der Waals surface area (Å²) in [6, 6.07) is 5.51. The van der Waals surface area contributed by atoms with Crippen LogP contribution in [0.3, 0.4) is 0 Å². The summed E-state index contributed by atoms with van der Waals surface area (Å²) in [5.41, 5.74) is 0.764. The van der Waals surface area contributed by atoms with Crippen molar-refractivity contribution in [2.75, 3.05) is 51.8 Å². The van der Waals surface area contributed by atoms with Gasteiger partial charge < -0.3 is 24.6 Å². The molecule has 1 saturated heterocycles. The number of carbonyl (C=O) groups is 1. The Morgan fingerprint density at radius 3 is 2.55 bits per heavy atom. The molecule has 120 valence electrons. The van der Waals surface area contributed by atoms with Crippen molar-refractivity contribution in [1.82, 2.24) is 0 Å². The van der Waals surface area contributed by atoms with Crippen LogP contribution in [0.2, 0.25) is 0 Å². The first-order valence-electron chi connectivity index (χ1n) is 8.00. The van der Waals surface area contributed by atoms with E-state index in [2.05, 4.69) is 12.4 Å². The summed E-state index contributed by atoms with van der Waals surface area (Å²) < 4.78 is 11.0. The average molecular weight is 307 g/mol. The van der Waals surface area contributed by atoms with E-state index in [1.54, 1.807) is 4.90 Å². The first-order chi connectivity index (χ1) is 10.6. The number of benzene rings is 1. The number of amides is 1. The highest BCUT2D eigenvalue weighted by Gasteiger charge is 2.29. The number of likely N-dealkylation sites (N-methyl/N-ethyl adjacent to an activating group) is 1. The fraction of sp³-hybridized carbons (Fsp3) is 0.562. The third-order valence-electron chi connectivity index (χ3n) is 4.56. The number of hydrogen-bond donors (Lipinski definition) is 3. The van der Waals surface area contributed by atoms with Crippen molar-refractivity contribution in [2.45, 2.75) is 13.0 Å². The van der Waals surface area contributed by atoms with E-state index in [0.29, 0.717) is 19.0 Å². The summed E-state index contributed by atoms with van der Waals surface area (Å²) >= 11 is 0. The SMILES string of the molecule is C[C@@H](C(=O)Nc1ccc2c(c1)OCCO2)[NH+]1CC[NH+](C)CC1. The molecule has 22 heavy (non-hydrogen) atoms. The number of ether oxygens (including phenoxy) is 2. The van der Waals surface area contributed by atoms with E-state index >= 15 is 0 Å². The lowest BCUT2D eigenvalue weighted by Crippen LogP contribution is -3.29. The molecule has 0 aromatic heterocycles. The third kappa shape index (κ3) is 3.34. The molecule has 1 atom stereocenters. The smallest absolute Gasteiger partial charge is 0.282 e. The Balaban J connectivity index is 1.61. The number of hydrogen-bond acceptors (Lipinski definition) is 3. The zero-order valence-corrected chi connectivity index (χ0v) is 13.3. The average Bonchev–Trinajstić information content (AvgIpc) is 2.55. The largest absolute Gasteiger partial charge is 0.486 e. The van der Waals surface area contributed by atoms with Crippen LogP contribution >= 0.6 is 0 Å². The van der Waals surface area contributed by atoms with Crippen LogP contribution in [0, 0.1) is 0 Å². The first kappa shape index (κ1) is 15.1. The molecular weight excluding hydrogens is 282 g/mol. The lowest BCUT2D eigenvalue weighted by Gasteiger charge is -2.30. The molecule has 0 saturated carbocycles. The van der Waals surface area contributed by atoms with Crippen molar-refractivity contribution >= 4 is 11.6 Å². The zero-order chi connectivity index (χ0) is 15.5. The minimum absolute atomic E-state index is 0.0405. The maximum Gasteiger partial charge on any atom is 0.282 e. The van der Waals surface area contributed by atoms with Gasteiger partial charge in [0, 0.05) is 11.8 Å². The molecule has 2 heterocycles. The molecule has 1 fully saturated rings. The topological polar surface area (TPSA) is 56.4 Å². The molecule has 0 unspecified atom stereocenters. The van der Waals surface area contributed by atoms with Crippen molar-refractivity contribution in [3.63, 3.8) is 0 Å². The Labute approximate surface area is 131 Å². The number of piperazine rings is 1. The van der Waals surface area contributed by atoms with E-state index in [0.717, 1.165) is 37.6 Å². The number of rotatable bonds is 3. The molecule has 3 rings (SSSR count). The van der Waals surface area contributed by atoms with Crippen LogP contribution in [0.4, 0.5) is 5.69 Å². The summed E-state index contributed by atoms with van der Waals surface area (Å²) in [7, 11) is 2.21. The molecule has 3 N–H and O–H groups in total. The van der Waals surface area contributed by atoms with Gasteiger partial charge in [0.25, 0.3) is 5.91 Å². The lowest BCUT2D eigenvalue weighted by molar-refractivity contribution is -1.01. The molecule has 2 aliphatic heterocycles. The van der Waals surface area contributed by atoms with Gasteiger partial charge in [-0.1, -0.05) is 0 Å². The van der Waals surface area contributed by atoms with Crippen molar-refractivity contribution < 1.29 is 24.1 Å². The summed E-state index contributed by atoms with van der Waals surface area (Å²) in [6.07, 6.45) is 0. The molecule has 1 aromatic carbocycles.